The third kappa shape index (κ3) is 2.61. The molecule has 3 N–H and O–H groups in total. The zero-order valence-corrected chi connectivity index (χ0v) is 9.57. The maximum atomic E-state index is 11.0. The van der Waals surface area contributed by atoms with Crippen molar-refractivity contribution in [2.45, 2.75) is 25.8 Å². The number of aryl methyl sites for hydroxylation is 1. The largest absolute Gasteiger partial charge is 0.368 e. The van der Waals surface area contributed by atoms with Crippen LogP contribution in [0.5, 0.6) is 0 Å². The molecule has 0 bridgehead atoms. The number of benzene rings is 1. The summed E-state index contributed by atoms with van der Waals surface area (Å²) in [6.45, 7) is 2.98. The van der Waals surface area contributed by atoms with Gasteiger partial charge < -0.3 is 11.1 Å². The SMILES string of the molecule is Cc1ccc(CC2CNC(C(N)=O)C2)cc1. The zero-order valence-electron chi connectivity index (χ0n) is 9.57. The third-order valence-electron chi connectivity index (χ3n) is 3.21. The number of hydrogen-bond donors (Lipinski definition) is 2. The molecule has 1 heterocycles. The number of hydrogen-bond acceptors (Lipinski definition) is 2. The summed E-state index contributed by atoms with van der Waals surface area (Å²) in [5.41, 5.74) is 7.89. The molecule has 0 radical (unpaired) electrons. The van der Waals surface area contributed by atoms with Crippen molar-refractivity contribution >= 4 is 5.91 Å². The second kappa shape index (κ2) is 4.66. The molecule has 0 spiro atoms. The van der Waals surface area contributed by atoms with Gasteiger partial charge in [-0.05, 0) is 37.8 Å². The summed E-state index contributed by atoms with van der Waals surface area (Å²) >= 11 is 0. The van der Waals surface area contributed by atoms with Crippen LogP contribution in [0.1, 0.15) is 17.5 Å². The lowest BCUT2D eigenvalue weighted by Gasteiger charge is -2.08. The Hall–Kier alpha value is -1.35. The second-order valence-corrected chi connectivity index (χ2v) is 4.65. The summed E-state index contributed by atoms with van der Waals surface area (Å²) in [5.74, 6) is 0.298. The lowest BCUT2D eigenvalue weighted by Crippen LogP contribution is -2.36. The molecule has 2 unspecified atom stereocenters. The highest BCUT2D eigenvalue weighted by atomic mass is 16.1. The van der Waals surface area contributed by atoms with E-state index in [0.29, 0.717) is 5.92 Å². The predicted molar refractivity (Wildman–Crippen MR) is 64.0 cm³/mol. The molecule has 1 aromatic carbocycles. The first-order chi connectivity index (χ1) is 7.65. The van der Waals surface area contributed by atoms with E-state index in [1.54, 1.807) is 0 Å². The van der Waals surface area contributed by atoms with Crippen molar-refractivity contribution < 1.29 is 4.79 Å². The lowest BCUT2D eigenvalue weighted by molar-refractivity contribution is -0.119. The van der Waals surface area contributed by atoms with Gasteiger partial charge in [-0.25, -0.2) is 0 Å². The van der Waals surface area contributed by atoms with Gasteiger partial charge in [0.15, 0.2) is 0 Å². The molecule has 3 nitrogen and oxygen atoms in total. The van der Waals surface area contributed by atoms with Crippen LogP contribution in [0.2, 0.25) is 0 Å². The summed E-state index contributed by atoms with van der Waals surface area (Å²) < 4.78 is 0. The molecular weight excluding hydrogens is 200 g/mol. The molecule has 1 aliphatic rings. The van der Waals surface area contributed by atoms with Crippen LogP contribution in [0.3, 0.4) is 0 Å². The van der Waals surface area contributed by atoms with Crippen molar-refractivity contribution in [2.24, 2.45) is 11.7 Å². The van der Waals surface area contributed by atoms with Crippen molar-refractivity contribution in [1.82, 2.24) is 5.32 Å². The topological polar surface area (TPSA) is 55.1 Å². The Bertz CT molecular complexity index is 372. The molecule has 1 saturated heterocycles. The Morgan fingerprint density at radius 2 is 2.12 bits per heavy atom. The smallest absolute Gasteiger partial charge is 0.234 e. The number of rotatable bonds is 3. The van der Waals surface area contributed by atoms with Gasteiger partial charge in [-0.15, -0.1) is 0 Å². The van der Waals surface area contributed by atoms with Gasteiger partial charge in [0.25, 0.3) is 0 Å². The van der Waals surface area contributed by atoms with Crippen LogP contribution >= 0.6 is 0 Å². The quantitative estimate of drug-likeness (QED) is 0.795. The van der Waals surface area contributed by atoms with Crippen molar-refractivity contribution in [3.05, 3.63) is 35.4 Å². The fourth-order valence-electron chi connectivity index (χ4n) is 2.24. The lowest BCUT2D eigenvalue weighted by atomic mass is 9.96. The van der Waals surface area contributed by atoms with E-state index in [-0.39, 0.29) is 11.9 Å². The van der Waals surface area contributed by atoms with Crippen LogP contribution in [-0.4, -0.2) is 18.5 Å². The van der Waals surface area contributed by atoms with Gasteiger partial charge in [-0.1, -0.05) is 29.8 Å². The van der Waals surface area contributed by atoms with E-state index in [4.69, 9.17) is 5.73 Å². The molecule has 0 aromatic heterocycles. The number of nitrogens with two attached hydrogens (primary N) is 1. The third-order valence-corrected chi connectivity index (χ3v) is 3.21. The van der Waals surface area contributed by atoms with Crippen LogP contribution in [0.15, 0.2) is 24.3 Å². The summed E-state index contributed by atoms with van der Waals surface area (Å²) in [6.07, 6.45) is 1.89. The summed E-state index contributed by atoms with van der Waals surface area (Å²) in [4.78, 5) is 11.0. The molecule has 1 aromatic rings. The van der Waals surface area contributed by atoms with Crippen molar-refractivity contribution in [3.63, 3.8) is 0 Å². The Balaban J connectivity index is 1.92. The number of carbonyl (C=O) groups excluding carboxylic acids is 1. The fourth-order valence-corrected chi connectivity index (χ4v) is 2.24. The molecule has 1 fully saturated rings. The minimum absolute atomic E-state index is 0.129. The van der Waals surface area contributed by atoms with Gasteiger partial charge in [-0.2, -0.15) is 0 Å². The van der Waals surface area contributed by atoms with Gasteiger partial charge in [-0.3, -0.25) is 4.79 Å². The van der Waals surface area contributed by atoms with E-state index in [1.165, 1.54) is 11.1 Å². The molecule has 1 aliphatic heterocycles. The van der Waals surface area contributed by atoms with E-state index >= 15 is 0 Å². The Kier molecular flexibility index (Phi) is 3.25. The van der Waals surface area contributed by atoms with Crippen LogP contribution in [0, 0.1) is 12.8 Å². The molecule has 16 heavy (non-hydrogen) atoms. The molecule has 0 aliphatic carbocycles. The zero-order chi connectivity index (χ0) is 11.5. The molecular formula is C13H18N2O. The maximum absolute atomic E-state index is 11.0. The Labute approximate surface area is 96.0 Å². The number of nitrogens with one attached hydrogen (secondary N) is 1. The van der Waals surface area contributed by atoms with Crippen molar-refractivity contribution in [2.75, 3.05) is 6.54 Å². The molecule has 86 valence electrons. The summed E-state index contributed by atoms with van der Waals surface area (Å²) in [7, 11) is 0. The number of carbonyl (C=O) groups is 1. The highest BCUT2D eigenvalue weighted by Crippen LogP contribution is 2.19. The van der Waals surface area contributed by atoms with Crippen LogP contribution < -0.4 is 11.1 Å². The first-order valence-corrected chi connectivity index (χ1v) is 5.73. The standard InChI is InChI=1S/C13H18N2O/c1-9-2-4-10(5-3-9)6-11-7-12(13(14)16)15-8-11/h2-5,11-12,15H,6-8H2,1H3,(H2,14,16). The van der Waals surface area contributed by atoms with E-state index in [1.807, 2.05) is 0 Å². The second-order valence-electron chi connectivity index (χ2n) is 4.65. The van der Waals surface area contributed by atoms with Crippen LogP contribution in [-0.2, 0) is 11.2 Å². The van der Waals surface area contributed by atoms with Gasteiger partial charge in [0.1, 0.15) is 0 Å². The Morgan fingerprint density at radius 1 is 1.44 bits per heavy atom. The maximum Gasteiger partial charge on any atom is 0.234 e. The molecule has 0 saturated carbocycles. The predicted octanol–water partition coefficient (Wildman–Crippen LogP) is 1.00. The first kappa shape index (κ1) is 11.1. The van der Waals surface area contributed by atoms with Crippen LogP contribution in [0.4, 0.5) is 0 Å². The van der Waals surface area contributed by atoms with E-state index < -0.39 is 0 Å². The molecule has 2 atom stereocenters. The number of primary amides is 1. The highest BCUT2D eigenvalue weighted by Gasteiger charge is 2.27. The first-order valence-electron chi connectivity index (χ1n) is 5.73. The van der Waals surface area contributed by atoms with Gasteiger partial charge >= 0.3 is 0 Å². The molecule has 3 heteroatoms. The van der Waals surface area contributed by atoms with Gasteiger partial charge in [0.05, 0.1) is 6.04 Å². The van der Waals surface area contributed by atoms with Gasteiger partial charge in [0.2, 0.25) is 5.91 Å². The minimum Gasteiger partial charge on any atom is -0.368 e. The van der Waals surface area contributed by atoms with Crippen LogP contribution in [0.25, 0.3) is 0 Å². The summed E-state index contributed by atoms with van der Waals surface area (Å²) in [5, 5.41) is 3.16. The minimum atomic E-state index is -0.230. The fraction of sp³-hybridized carbons (Fsp3) is 0.462. The van der Waals surface area contributed by atoms with E-state index in [0.717, 1.165) is 19.4 Å². The van der Waals surface area contributed by atoms with Gasteiger partial charge in [0, 0.05) is 0 Å². The molecule has 2 rings (SSSR count). The normalized spacial score (nSPS) is 24.6. The van der Waals surface area contributed by atoms with E-state index in [9.17, 15) is 4.79 Å². The highest BCUT2D eigenvalue weighted by molar-refractivity contribution is 5.80. The average molecular weight is 218 g/mol. The monoisotopic (exact) mass is 218 g/mol. The average Bonchev–Trinajstić information content (AvgIpc) is 2.70. The number of amides is 1. The van der Waals surface area contributed by atoms with Crippen molar-refractivity contribution in [1.29, 1.82) is 0 Å². The Morgan fingerprint density at radius 3 is 2.69 bits per heavy atom. The van der Waals surface area contributed by atoms with Crippen molar-refractivity contribution in [3.8, 4) is 0 Å². The van der Waals surface area contributed by atoms with E-state index in [2.05, 4.69) is 36.5 Å². The molecule has 1 amide bonds. The summed E-state index contributed by atoms with van der Waals surface area (Å²) in [6, 6.07) is 8.45.